The summed E-state index contributed by atoms with van der Waals surface area (Å²) >= 11 is 2.36. The number of hydrogen-bond donors (Lipinski definition) is 3. The van der Waals surface area contributed by atoms with Crippen molar-refractivity contribution in [3.63, 3.8) is 0 Å². The summed E-state index contributed by atoms with van der Waals surface area (Å²) < 4.78 is 28.3. The number of methoxy groups -OCH3 is 1. The molecule has 3 N–H and O–H groups in total. The Kier molecular flexibility index (Phi) is 17.6. The van der Waals surface area contributed by atoms with Crippen molar-refractivity contribution in [1.82, 2.24) is 15.2 Å². The molecule has 8 aromatic rings. The van der Waals surface area contributed by atoms with Crippen molar-refractivity contribution in [2.75, 3.05) is 24.8 Å². The average molecular weight is 1160 g/mol. The second kappa shape index (κ2) is 25.8. The van der Waals surface area contributed by atoms with Crippen LogP contribution >= 0.6 is 23.1 Å². The molecule has 1 fully saturated rings. The van der Waals surface area contributed by atoms with Crippen molar-refractivity contribution in [2.24, 2.45) is 5.16 Å². The van der Waals surface area contributed by atoms with Gasteiger partial charge in [-0.15, -0.1) is 23.1 Å². The number of anilines is 1. The first-order valence-electron chi connectivity index (χ1n) is 26.2. The van der Waals surface area contributed by atoms with Crippen LogP contribution in [0.1, 0.15) is 65.1 Å². The van der Waals surface area contributed by atoms with Gasteiger partial charge in [-0.25, -0.2) is 14.6 Å². The van der Waals surface area contributed by atoms with Gasteiger partial charge < -0.3 is 44.3 Å². The highest BCUT2D eigenvalue weighted by Gasteiger charge is 2.55. The minimum Gasteiger partial charge on any atom is -0.497 e. The number of carboxylic acid groups (broad SMARTS) is 1. The number of nitrogens with zero attached hydrogens (tertiary/aromatic N) is 3. The van der Waals surface area contributed by atoms with Crippen molar-refractivity contribution in [3.05, 3.63) is 250 Å². The molecule has 18 nitrogen and oxygen atoms in total. The van der Waals surface area contributed by atoms with Gasteiger partial charge in [0.1, 0.15) is 46.5 Å². The monoisotopic (exact) mass is 1160 g/mol. The van der Waals surface area contributed by atoms with E-state index >= 15 is 9.59 Å². The van der Waals surface area contributed by atoms with Gasteiger partial charge >= 0.3 is 23.9 Å². The zero-order chi connectivity index (χ0) is 58.7. The Morgan fingerprint density at radius 2 is 1.24 bits per heavy atom. The van der Waals surface area contributed by atoms with Crippen molar-refractivity contribution in [1.29, 1.82) is 0 Å². The molecular formula is C64H53N5O13S2. The maximum absolute atomic E-state index is 15.2. The lowest BCUT2D eigenvalue weighted by Crippen LogP contribution is -2.71. The SMILES string of the molecule is COc1ccc(OCC2=C(C(=O)O)N3C(=O)[C@H](NC(=O)C(=NO[C@@H](C(=O)OC(c4ccccc4)c4ccccc4)c4ccc(OC(C)=O)c(OC(C)=O)c4)c4csc(NC(c5ccccc5)(c5ccccc5)c5ccccc5)n4)[C@@H]3SC2)cc1. The molecule has 0 unspecified atom stereocenters. The lowest BCUT2D eigenvalue weighted by atomic mass is 9.77. The van der Waals surface area contributed by atoms with Crippen LogP contribution in [0.3, 0.4) is 0 Å². The molecule has 1 aromatic heterocycles. The lowest BCUT2D eigenvalue weighted by Gasteiger charge is -2.49. The van der Waals surface area contributed by atoms with Crippen molar-refractivity contribution in [2.45, 2.75) is 43.0 Å². The normalized spacial score (nSPS) is 15.2. The van der Waals surface area contributed by atoms with Crippen LogP contribution in [-0.2, 0) is 43.9 Å². The van der Waals surface area contributed by atoms with Crippen LogP contribution in [0, 0.1) is 0 Å². The molecule has 0 spiro atoms. The number of fused-ring (bicyclic) bond motifs is 1. The number of esters is 3. The molecule has 0 radical (unpaired) electrons. The zero-order valence-corrected chi connectivity index (χ0v) is 46.9. The summed E-state index contributed by atoms with van der Waals surface area (Å²) in [5.41, 5.74) is 2.20. The number of hydrogen-bond acceptors (Lipinski definition) is 17. The van der Waals surface area contributed by atoms with Crippen LogP contribution in [0.25, 0.3) is 0 Å². The number of β-lactam (4-membered cyclic amide) rings is 1. The van der Waals surface area contributed by atoms with Crippen molar-refractivity contribution < 1.29 is 62.4 Å². The number of carbonyl (C=O) groups excluding carboxylic acids is 5. The summed E-state index contributed by atoms with van der Waals surface area (Å²) in [6.45, 7) is 2.16. The maximum Gasteiger partial charge on any atom is 0.355 e. The largest absolute Gasteiger partial charge is 0.497 e. The molecule has 0 aliphatic carbocycles. The second-order valence-corrected chi connectivity index (χ2v) is 21.0. The van der Waals surface area contributed by atoms with E-state index in [-0.39, 0.29) is 40.8 Å². The first-order valence-corrected chi connectivity index (χ1v) is 28.2. The molecule has 10 rings (SSSR count). The summed E-state index contributed by atoms with van der Waals surface area (Å²) in [5, 5.41) is 22.4. The average Bonchev–Trinajstić information content (AvgIpc) is 3.89. The van der Waals surface area contributed by atoms with Gasteiger partial charge in [-0.1, -0.05) is 163 Å². The van der Waals surface area contributed by atoms with Gasteiger partial charge in [-0.05, 0) is 64.2 Å². The van der Waals surface area contributed by atoms with E-state index in [9.17, 15) is 24.3 Å². The first-order chi connectivity index (χ1) is 40.8. The summed E-state index contributed by atoms with van der Waals surface area (Å²) in [6.07, 6.45) is -2.85. The third-order valence-corrected chi connectivity index (χ3v) is 15.7. The van der Waals surface area contributed by atoms with Gasteiger partial charge in [0, 0.05) is 36.1 Å². The number of thiazole rings is 1. The van der Waals surface area contributed by atoms with Crippen LogP contribution in [0.15, 0.2) is 216 Å². The molecule has 20 heteroatoms. The van der Waals surface area contributed by atoms with Gasteiger partial charge in [0.05, 0.1) is 7.11 Å². The number of aromatic nitrogens is 1. The van der Waals surface area contributed by atoms with Gasteiger partial charge in [0.2, 0.25) is 6.10 Å². The third kappa shape index (κ3) is 12.5. The molecule has 2 amide bonds. The number of benzene rings is 7. The Labute approximate surface area is 490 Å². The number of amides is 2. The quantitative estimate of drug-likeness (QED) is 0.0143. The van der Waals surface area contributed by atoms with Crippen molar-refractivity contribution in [3.8, 4) is 23.0 Å². The number of carbonyl (C=O) groups is 6. The topological polar surface area (TPSA) is 231 Å². The fourth-order valence-electron chi connectivity index (χ4n) is 9.70. The van der Waals surface area contributed by atoms with Crippen LogP contribution in [-0.4, -0.2) is 87.3 Å². The number of rotatable bonds is 22. The van der Waals surface area contributed by atoms with Crippen LogP contribution in [0.2, 0.25) is 0 Å². The zero-order valence-electron chi connectivity index (χ0n) is 45.3. The Balaban J connectivity index is 1.05. The molecule has 2 aliphatic heterocycles. The number of thioether (sulfide) groups is 1. The Hall–Kier alpha value is -10.1. The molecular weight excluding hydrogens is 1110 g/mol. The number of carboxylic acids is 1. The summed E-state index contributed by atoms with van der Waals surface area (Å²) in [6, 6.07) is 56.6. The first kappa shape index (κ1) is 57.2. The van der Waals surface area contributed by atoms with E-state index in [1.165, 1.54) is 37.1 Å². The van der Waals surface area contributed by atoms with Gasteiger partial charge in [-0.2, -0.15) is 0 Å². The van der Waals surface area contributed by atoms with E-state index in [1.807, 2.05) is 103 Å². The highest BCUT2D eigenvalue weighted by Crippen LogP contribution is 2.43. The molecule has 0 saturated carbocycles. The van der Waals surface area contributed by atoms with Gasteiger partial charge in [0.15, 0.2) is 28.4 Å². The van der Waals surface area contributed by atoms with E-state index in [0.29, 0.717) is 33.3 Å². The maximum atomic E-state index is 15.2. The van der Waals surface area contributed by atoms with E-state index < -0.39 is 70.6 Å². The smallest absolute Gasteiger partial charge is 0.355 e. The molecule has 0 bridgehead atoms. The fraction of sp³-hybridized carbons (Fsp3) is 0.156. The molecule has 1 saturated heterocycles. The number of oxime groups is 1. The van der Waals surface area contributed by atoms with Crippen LogP contribution in [0.5, 0.6) is 23.0 Å². The lowest BCUT2D eigenvalue weighted by molar-refractivity contribution is -0.162. The third-order valence-electron chi connectivity index (χ3n) is 13.6. The van der Waals surface area contributed by atoms with Crippen LogP contribution < -0.4 is 29.6 Å². The molecule has 424 valence electrons. The predicted molar refractivity (Wildman–Crippen MR) is 313 cm³/mol. The number of aliphatic carboxylic acids is 1. The standard InChI is InChI=1S/C64H53N5O13S2/c1-39(70)79-51-34-29-43(35-52(51)80-40(2)71)57(62(76)81-56(41-19-9-4-10-20-41)42-21-11-5-12-22-42)82-68-53(58(72)66-54-59(73)69-55(61(74)75)44(37-83-60(54)69)36-78-49-32-30-48(77-3)31-33-49)50-38-84-63(65-50)67-64(45-23-13-6-14-24-45,46-25-15-7-16-26-46)47-27-17-8-18-28-47/h4-35,38,54,56-57,60H,36-37H2,1-3H3,(H,65,67)(H,66,72)(H,74,75)/t54-,57+,60-/m0/s1. The molecule has 2 aliphatic rings. The molecule has 7 aromatic carbocycles. The Bertz CT molecular complexity index is 3620. The summed E-state index contributed by atoms with van der Waals surface area (Å²) in [7, 11) is 1.53. The Morgan fingerprint density at radius 1 is 0.702 bits per heavy atom. The second-order valence-electron chi connectivity index (χ2n) is 19.1. The minimum atomic E-state index is -1.85. The number of ether oxygens (including phenoxy) is 5. The van der Waals surface area contributed by atoms with E-state index in [0.717, 1.165) is 46.8 Å². The minimum absolute atomic E-state index is 0.0160. The van der Waals surface area contributed by atoms with E-state index in [2.05, 4.69) is 15.8 Å². The molecule has 3 atom stereocenters. The molecule has 3 heterocycles. The summed E-state index contributed by atoms with van der Waals surface area (Å²) in [5.74, 6) is -4.80. The van der Waals surface area contributed by atoms with E-state index in [1.54, 1.807) is 78.2 Å². The Morgan fingerprint density at radius 3 is 1.77 bits per heavy atom. The highest BCUT2D eigenvalue weighted by molar-refractivity contribution is 8.00. The van der Waals surface area contributed by atoms with Crippen LogP contribution in [0.4, 0.5) is 5.13 Å². The molecule has 84 heavy (non-hydrogen) atoms. The van der Waals surface area contributed by atoms with Gasteiger partial charge in [-0.3, -0.25) is 24.1 Å². The van der Waals surface area contributed by atoms with Gasteiger partial charge in [0.25, 0.3) is 11.8 Å². The fourth-order valence-corrected chi connectivity index (χ4v) is 11.8. The van der Waals surface area contributed by atoms with Crippen molar-refractivity contribution >= 4 is 69.6 Å². The predicted octanol–water partition coefficient (Wildman–Crippen LogP) is 10.0. The number of nitrogens with one attached hydrogen (secondary N) is 2. The summed E-state index contributed by atoms with van der Waals surface area (Å²) in [4.78, 5) is 94.4. The highest BCUT2D eigenvalue weighted by atomic mass is 32.2. The van der Waals surface area contributed by atoms with E-state index in [4.69, 9.17) is 33.5 Å².